The van der Waals surface area contributed by atoms with Gasteiger partial charge in [0.05, 0.1) is 5.41 Å². The average molecular weight is 426 g/mol. The Morgan fingerprint density at radius 1 is 1.03 bits per heavy atom. The molecule has 30 heavy (non-hydrogen) atoms. The van der Waals surface area contributed by atoms with E-state index in [2.05, 4.69) is 15.2 Å². The zero-order valence-electron chi connectivity index (χ0n) is 16.9. The van der Waals surface area contributed by atoms with Crippen molar-refractivity contribution in [3.63, 3.8) is 0 Å². The third-order valence-electron chi connectivity index (χ3n) is 4.14. The first-order valence-electron chi connectivity index (χ1n) is 9.27. The van der Waals surface area contributed by atoms with E-state index in [-0.39, 0.29) is 11.3 Å². The lowest BCUT2D eigenvalue weighted by Crippen LogP contribution is -2.13. The Balaban J connectivity index is 1.63. The second-order valence-corrected chi connectivity index (χ2v) is 9.28. The topological polar surface area (TPSA) is 101 Å². The molecule has 0 fully saturated rings. The SMILES string of the molecule is CC(C)(C)c1cc(NC(=O)c2ccc(NS(=O)(=O)/C=C/c3ccccc3)cc2)no1. The maximum Gasteiger partial charge on any atom is 0.256 e. The molecule has 1 aromatic heterocycles. The lowest BCUT2D eigenvalue weighted by atomic mass is 9.93. The van der Waals surface area contributed by atoms with E-state index in [0.29, 0.717) is 22.8 Å². The van der Waals surface area contributed by atoms with Crippen LogP contribution in [0.25, 0.3) is 6.08 Å². The maximum atomic E-state index is 12.4. The minimum absolute atomic E-state index is 0.219. The molecular weight excluding hydrogens is 402 g/mol. The zero-order chi connectivity index (χ0) is 21.8. The second kappa shape index (κ2) is 8.54. The van der Waals surface area contributed by atoms with Gasteiger partial charge in [0.15, 0.2) is 5.82 Å². The van der Waals surface area contributed by atoms with Gasteiger partial charge >= 0.3 is 0 Å². The molecule has 0 aliphatic carbocycles. The number of rotatable bonds is 6. The van der Waals surface area contributed by atoms with Crippen LogP contribution in [0.15, 0.2) is 70.6 Å². The first-order chi connectivity index (χ1) is 14.1. The van der Waals surface area contributed by atoms with Crippen LogP contribution in [0.2, 0.25) is 0 Å². The molecule has 0 saturated heterocycles. The van der Waals surface area contributed by atoms with Gasteiger partial charge in [-0.1, -0.05) is 56.3 Å². The summed E-state index contributed by atoms with van der Waals surface area (Å²) in [5, 5.41) is 7.61. The summed E-state index contributed by atoms with van der Waals surface area (Å²) in [5.74, 6) is 0.606. The van der Waals surface area contributed by atoms with Gasteiger partial charge in [-0.25, -0.2) is 8.42 Å². The molecule has 1 amide bonds. The molecule has 3 rings (SSSR count). The molecule has 0 aliphatic rings. The molecule has 156 valence electrons. The van der Waals surface area contributed by atoms with Crippen molar-refractivity contribution in [3.05, 3.63) is 83.0 Å². The smallest absolute Gasteiger partial charge is 0.256 e. The van der Waals surface area contributed by atoms with Gasteiger partial charge in [0, 0.05) is 22.7 Å². The Morgan fingerprint density at radius 2 is 1.70 bits per heavy atom. The largest absolute Gasteiger partial charge is 0.359 e. The van der Waals surface area contributed by atoms with E-state index in [0.717, 1.165) is 11.0 Å². The Hall–Kier alpha value is -3.39. The third-order valence-corrected chi connectivity index (χ3v) is 5.15. The summed E-state index contributed by atoms with van der Waals surface area (Å²) in [7, 11) is -3.68. The number of amides is 1. The fourth-order valence-corrected chi connectivity index (χ4v) is 3.37. The van der Waals surface area contributed by atoms with Gasteiger partial charge in [-0.3, -0.25) is 9.52 Å². The van der Waals surface area contributed by atoms with Gasteiger partial charge in [0.25, 0.3) is 15.9 Å². The van der Waals surface area contributed by atoms with Crippen LogP contribution >= 0.6 is 0 Å². The van der Waals surface area contributed by atoms with Crippen LogP contribution in [0, 0.1) is 0 Å². The monoisotopic (exact) mass is 425 g/mol. The van der Waals surface area contributed by atoms with E-state index in [9.17, 15) is 13.2 Å². The van der Waals surface area contributed by atoms with Gasteiger partial charge in [-0.05, 0) is 35.9 Å². The predicted octanol–water partition coefficient (Wildman–Crippen LogP) is 4.64. The molecular formula is C22H23N3O4S. The van der Waals surface area contributed by atoms with E-state index in [4.69, 9.17) is 4.52 Å². The summed E-state index contributed by atoms with van der Waals surface area (Å²) >= 11 is 0. The Bertz CT molecular complexity index is 1140. The molecule has 2 N–H and O–H groups in total. The lowest BCUT2D eigenvalue weighted by molar-refractivity contribution is 0.102. The van der Waals surface area contributed by atoms with Crippen molar-refractivity contribution in [1.82, 2.24) is 5.16 Å². The molecule has 0 spiro atoms. The third kappa shape index (κ3) is 5.81. The number of benzene rings is 2. The van der Waals surface area contributed by atoms with Crippen molar-refractivity contribution < 1.29 is 17.7 Å². The van der Waals surface area contributed by atoms with Gasteiger partial charge in [0.1, 0.15) is 5.76 Å². The number of carbonyl (C=O) groups is 1. The van der Waals surface area contributed by atoms with Gasteiger partial charge in [0.2, 0.25) is 0 Å². The van der Waals surface area contributed by atoms with Gasteiger partial charge in [-0.2, -0.15) is 0 Å². The minimum Gasteiger partial charge on any atom is -0.359 e. The summed E-state index contributed by atoms with van der Waals surface area (Å²) in [5.41, 5.74) is 1.26. The van der Waals surface area contributed by atoms with Crippen molar-refractivity contribution in [2.45, 2.75) is 26.2 Å². The Kier molecular flexibility index (Phi) is 6.07. The van der Waals surface area contributed by atoms with Gasteiger partial charge < -0.3 is 9.84 Å². The molecule has 0 bridgehead atoms. The fourth-order valence-electron chi connectivity index (χ4n) is 2.50. The molecule has 0 radical (unpaired) electrons. The summed E-state index contributed by atoms with van der Waals surface area (Å²) in [4.78, 5) is 12.4. The molecule has 1 heterocycles. The van der Waals surface area contributed by atoms with Crippen molar-refractivity contribution in [2.75, 3.05) is 10.0 Å². The second-order valence-electron chi connectivity index (χ2n) is 7.72. The van der Waals surface area contributed by atoms with E-state index in [1.165, 1.54) is 30.3 Å². The van der Waals surface area contributed by atoms with Crippen molar-refractivity contribution in [2.24, 2.45) is 0 Å². The number of nitrogens with zero attached hydrogens (tertiary/aromatic N) is 1. The van der Waals surface area contributed by atoms with Crippen molar-refractivity contribution in [1.29, 1.82) is 0 Å². The van der Waals surface area contributed by atoms with Crippen LogP contribution < -0.4 is 10.0 Å². The Labute approximate surface area is 175 Å². The zero-order valence-corrected chi connectivity index (χ0v) is 17.7. The number of aromatic nitrogens is 1. The number of nitrogens with one attached hydrogen (secondary N) is 2. The molecule has 7 nitrogen and oxygen atoms in total. The number of anilines is 2. The summed E-state index contributed by atoms with van der Waals surface area (Å²) in [6.45, 7) is 5.94. The van der Waals surface area contributed by atoms with Crippen LogP contribution in [0.3, 0.4) is 0 Å². The van der Waals surface area contributed by atoms with Crippen LogP contribution in [-0.2, 0) is 15.4 Å². The lowest BCUT2D eigenvalue weighted by Gasteiger charge is -2.12. The minimum atomic E-state index is -3.68. The van der Waals surface area contributed by atoms with E-state index in [1.807, 2.05) is 39.0 Å². The average Bonchev–Trinajstić information content (AvgIpc) is 3.17. The van der Waals surface area contributed by atoms with Crippen LogP contribution in [0.4, 0.5) is 11.5 Å². The normalized spacial score (nSPS) is 12.1. The molecule has 0 saturated carbocycles. The van der Waals surface area contributed by atoms with Crippen molar-refractivity contribution >= 4 is 33.5 Å². The molecule has 0 unspecified atom stereocenters. The highest BCUT2D eigenvalue weighted by Crippen LogP contribution is 2.24. The molecule has 8 heteroatoms. The summed E-state index contributed by atoms with van der Waals surface area (Å²) < 4.78 is 32.1. The van der Waals surface area contributed by atoms with Crippen LogP contribution in [0.5, 0.6) is 0 Å². The fraction of sp³-hybridized carbons (Fsp3) is 0.182. The van der Waals surface area contributed by atoms with Crippen LogP contribution in [-0.4, -0.2) is 19.5 Å². The predicted molar refractivity (Wildman–Crippen MR) is 118 cm³/mol. The highest BCUT2D eigenvalue weighted by Gasteiger charge is 2.20. The molecule has 0 atom stereocenters. The Morgan fingerprint density at radius 3 is 2.30 bits per heavy atom. The highest BCUT2D eigenvalue weighted by atomic mass is 32.2. The number of sulfonamides is 1. The van der Waals surface area contributed by atoms with E-state index < -0.39 is 10.0 Å². The first-order valence-corrected chi connectivity index (χ1v) is 10.8. The maximum absolute atomic E-state index is 12.4. The van der Waals surface area contributed by atoms with Gasteiger partial charge in [-0.15, -0.1) is 0 Å². The standard InChI is InChI=1S/C22H23N3O4S/c1-22(2,3)19-15-20(24-29-19)23-21(26)17-9-11-18(12-10-17)25-30(27,28)14-13-16-7-5-4-6-8-16/h4-15,25H,1-3H3,(H,23,24,26)/b14-13+. The van der Waals surface area contributed by atoms with E-state index >= 15 is 0 Å². The first kappa shape index (κ1) is 21.3. The molecule has 3 aromatic rings. The number of hydrogen-bond acceptors (Lipinski definition) is 5. The molecule has 2 aromatic carbocycles. The van der Waals surface area contributed by atoms with E-state index in [1.54, 1.807) is 18.2 Å². The van der Waals surface area contributed by atoms with Crippen molar-refractivity contribution in [3.8, 4) is 0 Å². The summed E-state index contributed by atoms with van der Waals surface area (Å²) in [6, 6.07) is 16.9. The number of carbonyl (C=O) groups excluding carboxylic acids is 1. The quantitative estimate of drug-likeness (QED) is 0.599. The number of hydrogen-bond donors (Lipinski definition) is 2. The molecule has 0 aliphatic heterocycles. The van der Waals surface area contributed by atoms with Crippen LogP contribution in [0.1, 0.15) is 42.5 Å². The highest BCUT2D eigenvalue weighted by molar-refractivity contribution is 7.95. The summed E-state index contributed by atoms with van der Waals surface area (Å²) in [6.07, 6.45) is 1.51.